The zero-order valence-electron chi connectivity index (χ0n) is 14.2. The molecule has 4 atom stereocenters. The van der Waals surface area contributed by atoms with Gasteiger partial charge in [0.05, 0.1) is 12.9 Å². The fraction of sp³-hybridized carbons (Fsp3) is 0.353. The molecule has 2 aromatic heterocycles. The predicted octanol–water partition coefficient (Wildman–Crippen LogP) is -0.245. The first-order valence-electron chi connectivity index (χ1n) is 8.40. The Balaban J connectivity index is 1.60. The summed E-state index contributed by atoms with van der Waals surface area (Å²) in [6.07, 6.45) is -1.43. The average molecular weight is 373 g/mol. The molecule has 10 heteroatoms. The van der Waals surface area contributed by atoms with Crippen LogP contribution in [0.5, 0.6) is 5.75 Å². The number of phenolic OH excluding ortho intramolecular Hbond substituents is 1. The van der Waals surface area contributed by atoms with E-state index in [2.05, 4.69) is 20.3 Å². The van der Waals surface area contributed by atoms with Crippen molar-refractivity contribution in [3.8, 4) is 5.75 Å². The van der Waals surface area contributed by atoms with Crippen molar-refractivity contribution >= 4 is 17.0 Å². The number of rotatable bonds is 5. The Morgan fingerprint density at radius 3 is 2.74 bits per heavy atom. The second-order valence-electron chi connectivity index (χ2n) is 6.30. The Morgan fingerprint density at radius 1 is 1.15 bits per heavy atom. The zero-order chi connectivity index (χ0) is 19.0. The number of fused-ring (bicyclic) bond motifs is 1. The quantitative estimate of drug-likeness (QED) is 0.409. The Kier molecular flexibility index (Phi) is 4.62. The Morgan fingerprint density at radius 2 is 2.00 bits per heavy atom. The number of aromatic hydroxyl groups is 1. The van der Waals surface area contributed by atoms with Crippen LogP contribution in [-0.4, -0.2) is 64.9 Å². The van der Waals surface area contributed by atoms with Crippen LogP contribution in [0.2, 0.25) is 0 Å². The molecular formula is C17H19N5O5. The van der Waals surface area contributed by atoms with Crippen molar-refractivity contribution in [2.45, 2.75) is 31.1 Å². The first kappa shape index (κ1) is 17.6. The number of aromatic nitrogens is 4. The molecule has 1 aromatic carbocycles. The molecule has 1 unspecified atom stereocenters. The summed E-state index contributed by atoms with van der Waals surface area (Å²) in [5.41, 5.74) is 1.75. The van der Waals surface area contributed by atoms with Crippen LogP contribution in [0.4, 0.5) is 5.82 Å². The number of aliphatic hydroxyl groups excluding tert-OH is 3. The summed E-state index contributed by atoms with van der Waals surface area (Å²) in [6, 6.07) is 6.85. The minimum atomic E-state index is -1.22. The number of nitrogens with one attached hydrogen (secondary N) is 1. The Hall–Kier alpha value is -2.79. The van der Waals surface area contributed by atoms with Crippen LogP contribution in [0, 0.1) is 0 Å². The Labute approximate surface area is 153 Å². The summed E-state index contributed by atoms with van der Waals surface area (Å²) in [5.74, 6) is 0.657. The van der Waals surface area contributed by atoms with Crippen LogP contribution in [0.1, 0.15) is 11.8 Å². The monoisotopic (exact) mass is 373 g/mol. The molecule has 0 spiro atoms. The average Bonchev–Trinajstić information content (AvgIpc) is 3.22. The van der Waals surface area contributed by atoms with Gasteiger partial charge in [0, 0.05) is 6.54 Å². The molecule has 1 fully saturated rings. The largest absolute Gasteiger partial charge is 0.508 e. The van der Waals surface area contributed by atoms with E-state index in [0.717, 1.165) is 5.56 Å². The highest BCUT2D eigenvalue weighted by Gasteiger charge is 2.44. The number of benzene rings is 1. The van der Waals surface area contributed by atoms with E-state index in [1.807, 2.05) is 6.07 Å². The van der Waals surface area contributed by atoms with Gasteiger partial charge in [-0.2, -0.15) is 0 Å². The number of anilines is 1. The van der Waals surface area contributed by atoms with Crippen LogP contribution in [0.25, 0.3) is 11.2 Å². The number of aliphatic hydroxyl groups is 3. The van der Waals surface area contributed by atoms with Crippen molar-refractivity contribution < 1.29 is 25.2 Å². The maximum Gasteiger partial charge on any atom is 0.167 e. The molecular weight excluding hydrogens is 354 g/mol. The SMILES string of the molecule is OC[C@H]1OC(n2cnc3c(NCc4cccc(O)c4)ncnc32)[C@@H](O)[C@@H]1O. The number of hydrogen-bond donors (Lipinski definition) is 5. The highest BCUT2D eigenvalue weighted by atomic mass is 16.6. The zero-order valence-corrected chi connectivity index (χ0v) is 14.2. The minimum absolute atomic E-state index is 0.177. The van der Waals surface area contributed by atoms with Gasteiger partial charge in [0.2, 0.25) is 0 Å². The van der Waals surface area contributed by atoms with Crippen LogP contribution >= 0.6 is 0 Å². The number of hydrogen-bond acceptors (Lipinski definition) is 9. The first-order valence-corrected chi connectivity index (χ1v) is 8.40. The number of phenols is 1. The first-order chi connectivity index (χ1) is 13.1. The highest BCUT2D eigenvalue weighted by molar-refractivity contribution is 5.82. The molecule has 0 amide bonds. The third-order valence-electron chi connectivity index (χ3n) is 4.52. The van der Waals surface area contributed by atoms with Crippen molar-refractivity contribution in [1.82, 2.24) is 19.5 Å². The van der Waals surface area contributed by atoms with Gasteiger partial charge in [0.25, 0.3) is 0 Å². The molecule has 0 bridgehead atoms. The molecule has 1 saturated heterocycles. The van der Waals surface area contributed by atoms with Gasteiger partial charge in [0.1, 0.15) is 30.4 Å². The Bertz CT molecular complexity index is 948. The summed E-state index contributed by atoms with van der Waals surface area (Å²) < 4.78 is 7.03. The maximum absolute atomic E-state index is 10.2. The third kappa shape index (κ3) is 3.19. The minimum Gasteiger partial charge on any atom is -0.508 e. The molecule has 0 aliphatic carbocycles. The molecule has 3 heterocycles. The van der Waals surface area contributed by atoms with Crippen LogP contribution in [0.3, 0.4) is 0 Å². The van der Waals surface area contributed by atoms with E-state index in [1.54, 1.807) is 18.2 Å². The maximum atomic E-state index is 10.2. The van der Waals surface area contributed by atoms with E-state index in [9.17, 15) is 20.4 Å². The molecule has 10 nitrogen and oxygen atoms in total. The van der Waals surface area contributed by atoms with Crippen molar-refractivity contribution in [3.05, 3.63) is 42.5 Å². The topological polar surface area (TPSA) is 146 Å². The van der Waals surface area contributed by atoms with Crippen LogP contribution < -0.4 is 5.32 Å². The van der Waals surface area contributed by atoms with E-state index in [1.165, 1.54) is 17.2 Å². The van der Waals surface area contributed by atoms with E-state index < -0.39 is 31.1 Å². The van der Waals surface area contributed by atoms with Gasteiger partial charge in [0.15, 0.2) is 23.2 Å². The predicted molar refractivity (Wildman–Crippen MR) is 93.8 cm³/mol. The fourth-order valence-corrected chi connectivity index (χ4v) is 3.13. The lowest BCUT2D eigenvalue weighted by molar-refractivity contribution is -0.0511. The molecule has 0 saturated carbocycles. The number of imidazole rings is 1. The van der Waals surface area contributed by atoms with Crippen molar-refractivity contribution in [3.63, 3.8) is 0 Å². The van der Waals surface area contributed by atoms with Gasteiger partial charge in [-0.15, -0.1) is 0 Å². The van der Waals surface area contributed by atoms with Crippen LogP contribution in [0.15, 0.2) is 36.9 Å². The van der Waals surface area contributed by atoms with E-state index in [-0.39, 0.29) is 5.75 Å². The molecule has 5 N–H and O–H groups in total. The molecule has 0 radical (unpaired) electrons. The molecule has 142 valence electrons. The van der Waals surface area contributed by atoms with Gasteiger partial charge in [-0.25, -0.2) is 15.0 Å². The molecule has 4 rings (SSSR count). The second kappa shape index (κ2) is 7.08. The van der Waals surface area contributed by atoms with Gasteiger partial charge in [-0.3, -0.25) is 4.57 Å². The van der Waals surface area contributed by atoms with Gasteiger partial charge in [-0.05, 0) is 17.7 Å². The smallest absolute Gasteiger partial charge is 0.167 e. The number of ether oxygens (including phenoxy) is 1. The van der Waals surface area contributed by atoms with Gasteiger partial charge < -0.3 is 30.5 Å². The summed E-state index contributed by atoms with van der Waals surface area (Å²) in [5, 5.41) is 42.1. The van der Waals surface area contributed by atoms with Crippen molar-refractivity contribution in [2.24, 2.45) is 0 Å². The van der Waals surface area contributed by atoms with E-state index >= 15 is 0 Å². The van der Waals surface area contributed by atoms with Crippen LogP contribution in [-0.2, 0) is 11.3 Å². The normalized spacial score (nSPS) is 25.1. The highest BCUT2D eigenvalue weighted by Crippen LogP contribution is 2.32. The third-order valence-corrected chi connectivity index (χ3v) is 4.52. The lowest BCUT2D eigenvalue weighted by Gasteiger charge is -2.16. The molecule has 27 heavy (non-hydrogen) atoms. The molecule has 1 aliphatic heterocycles. The van der Waals surface area contributed by atoms with Crippen molar-refractivity contribution in [1.29, 1.82) is 0 Å². The molecule has 3 aromatic rings. The van der Waals surface area contributed by atoms with Crippen molar-refractivity contribution in [2.75, 3.05) is 11.9 Å². The summed E-state index contributed by atoms with van der Waals surface area (Å²) in [7, 11) is 0. The summed E-state index contributed by atoms with van der Waals surface area (Å²) >= 11 is 0. The van der Waals surface area contributed by atoms with E-state index in [4.69, 9.17) is 4.74 Å². The van der Waals surface area contributed by atoms with Gasteiger partial charge >= 0.3 is 0 Å². The fourth-order valence-electron chi connectivity index (χ4n) is 3.13. The second-order valence-corrected chi connectivity index (χ2v) is 6.30. The number of nitrogens with zero attached hydrogens (tertiary/aromatic N) is 4. The van der Waals surface area contributed by atoms with Gasteiger partial charge in [-0.1, -0.05) is 12.1 Å². The standard InChI is InChI=1S/C17H19N5O5/c23-6-11-13(25)14(26)17(27-11)22-8-21-12-15(19-7-20-16(12)22)18-5-9-2-1-3-10(24)4-9/h1-4,7-8,11,13-14,17,23-26H,5-6H2,(H,18,19,20)/t11-,13-,14+,17?/m1/s1. The summed E-state index contributed by atoms with van der Waals surface area (Å²) in [6.45, 7) is 0.00823. The molecule has 1 aliphatic rings. The summed E-state index contributed by atoms with van der Waals surface area (Å²) in [4.78, 5) is 12.7. The van der Waals surface area contributed by atoms with E-state index in [0.29, 0.717) is 23.5 Å². The lowest BCUT2D eigenvalue weighted by Crippen LogP contribution is -2.33. The lowest BCUT2D eigenvalue weighted by atomic mass is 10.1.